The average molecular weight is 266 g/mol. The SMILES string of the molecule is Cc1c(F)cc(-c2cnn(CC(C)(C)O)c2)cc1F. The molecule has 19 heavy (non-hydrogen) atoms. The number of hydrogen-bond donors (Lipinski definition) is 1. The van der Waals surface area contributed by atoms with Crippen LogP contribution in [0.3, 0.4) is 0 Å². The van der Waals surface area contributed by atoms with Crippen molar-refractivity contribution in [1.29, 1.82) is 0 Å². The molecule has 1 aromatic carbocycles. The quantitative estimate of drug-likeness (QED) is 0.927. The van der Waals surface area contributed by atoms with E-state index in [0.29, 0.717) is 17.7 Å². The van der Waals surface area contributed by atoms with Crippen molar-refractivity contribution in [1.82, 2.24) is 9.78 Å². The highest BCUT2D eigenvalue weighted by atomic mass is 19.1. The standard InChI is InChI=1S/C14H16F2N2O/c1-9-12(15)4-10(5-13(9)16)11-6-17-18(7-11)8-14(2,3)19/h4-7,19H,8H2,1-3H3. The molecule has 2 aromatic rings. The van der Waals surface area contributed by atoms with E-state index < -0.39 is 17.2 Å². The number of halogens is 2. The molecule has 0 atom stereocenters. The van der Waals surface area contributed by atoms with Crippen molar-refractivity contribution < 1.29 is 13.9 Å². The lowest BCUT2D eigenvalue weighted by Crippen LogP contribution is -2.26. The molecule has 0 radical (unpaired) electrons. The van der Waals surface area contributed by atoms with Crippen molar-refractivity contribution in [2.24, 2.45) is 0 Å². The Labute approximate surface area is 110 Å². The van der Waals surface area contributed by atoms with Gasteiger partial charge in [0, 0.05) is 17.3 Å². The van der Waals surface area contributed by atoms with Crippen molar-refractivity contribution >= 4 is 0 Å². The zero-order valence-corrected chi connectivity index (χ0v) is 11.1. The van der Waals surface area contributed by atoms with Crippen LogP contribution in [0.25, 0.3) is 11.1 Å². The molecule has 0 fully saturated rings. The van der Waals surface area contributed by atoms with Gasteiger partial charge in [-0.05, 0) is 38.5 Å². The predicted molar refractivity (Wildman–Crippen MR) is 68.6 cm³/mol. The van der Waals surface area contributed by atoms with Crippen molar-refractivity contribution in [3.8, 4) is 11.1 Å². The molecule has 1 heterocycles. The molecule has 0 amide bonds. The number of nitrogens with zero attached hydrogens (tertiary/aromatic N) is 2. The van der Waals surface area contributed by atoms with Crippen LogP contribution in [-0.2, 0) is 6.54 Å². The summed E-state index contributed by atoms with van der Waals surface area (Å²) in [7, 11) is 0. The highest BCUT2D eigenvalue weighted by molar-refractivity contribution is 5.62. The van der Waals surface area contributed by atoms with Crippen molar-refractivity contribution in [3.05, 3.63) is 41.7 Å². The molecule has 0 spiro atoms. The third-order valence-corrected chi connectivity index (χ3v) is 2.80. The molecular weight excluding hydrogens is 250 g/mol. The molecule has 3 nitrogen and oxygen atoms in total. The first-order valence-electron chi connectivity index (χ1n) is 5.97. The van der Waals surface area contributed by atoms with E-state index in [1.807, 2.05) is 0 Å². The molecule has 1 aromatic heterocycles. The number of hydrogen-bond acceptors (Lipinski definition) is 2. The maximum absolute atomic E-state index is 13.5. The molecule has 2 rings (SSSR count). The van der Waals surface area contributed by atoms with Crippen LogP contribution < -0.4 is 0 Å². The number of aromatic nitrogens is 2. The molecule has 1 N–H and O–H groups in total. The van der Waals surface area contributed by atoms with Crippen LogP contribution in [0.1, 0.15) is 19.4 Å². The van der Waals surface area contributed by atoms with Crippen LogP contribution in [0.5, 0.6) is 0 Å². The number of benzene rings is 1. The van der Waals surface area contributed by atoms with Crippen molar-refractivity contribution in [2.45, 2.75) is 32.9 Å². The second kappa shape index (κ2) is 4.74. The van der Waals surface area contributed by atoms with Gasteiger partial charge in [0.1, 0.15) is 11.6 Å². The van der Waals surface area contributed by atoms with Gasteiger partial charge in [0.05, 0.1) is 18.3 Å². The molecular formula is C14H16F2N2O. The number of aliphatic hydroxyl groups is 1. The average Bonchev–Trinajstić information content (AvgIpc) is 2.71. The first kappa shape index (κ1) is 13.7. The Morgan fingerprint density at radius 1 is 1.21 bits per heavy atom. The van der Waals surface area contributed by atoms with E-state index in [4.69, 9.17) is 0 Å². The summed E-state index contributed by atoms with van der Waals surface area (Å²) in [5, 5.41) is 13.8. The first-order chi connectivity index (χ1) is 8.76. The Kier molecular flexibility index (Phi) is 3.41. The zero-order valence-electron chi connectivity index (χ0n) is 11.1. The molecule has 0 aliphatic rings. The normalized spacial score (nSPS) is 11.9. The molecule has 0 aliphatic heterocycles. The van der Waals surface area contributed by atoms with Crippen LogP contribution in [0.4, 0.5) is 8.78 Å². The lowest BCUT2D eigenvalue weighted by atomic mass is 10.1. The van der Waals surface area contributed by atoms with Gasteiger partial charge in [0.25, 0.3) is 0 Å². The van der Waals surface area contributed by atoms with Crippen LogP contribution in [-0.4, -0.2) is 20.5 Å². The van der Waals surface area contributed by atoms with Gasteiger partial charge in [-0.1, -0.05) is 0 Å². The van der Waals surface area contributed by atoms with E-state index in [1.54, 1.807) is 24.7 Å². The summed E-state index contributed by atoms with van der Waals surface area (Å²) in [6.07, 6.45) is 3.18. The highest BCUT2D eigenvalue weighted by Gasteiger charge is 2.15. The molecule has 0 aliphatic carbocycles. The summed E-state index contributed by atoms with van der Waals surface area (Å²) in [6.45, 7) is 5.04. The summed E-state index contributed by atoms with van der Waals surface area (Å²) in [5.41, 5.74) is 0.157. The van der Waals surface area contributed by atoms with Crippen LogP contribution in [0.2, 0.25) is 0 Å². The van der Waals surface area contributed by atoms with Gasteiger partial charge < -0.3 is 5.11 Å². The van der Waals surface area contributed by atoms with E-state index in [2.05, 4.69) is 5.10 Å². The van der Waals surface area contributed by atoms with Gasteiger partial charge >= 0.3 is 0 Å². The minimum Gasteiger partial charge on any atom is -0.389 e. The summed E-state index contributed by atoms with van der Waals surface area (Å²) in [6, 6.07) is 2.56. The second-order valence-electron chi connectivity index (χ2n) is 5.30. The lowest BCUT2D eigenvalue weighted by molar-refractivity contribution is 0.0577. The van der Waals surface area contributed by atoms with Crippen LogP contribution in [0, 0.1) is 18.6 Å². The van der Waals surface area contributed by atoms with Crippen LogP contribution in [0.15, 0.2) is 24.5 Å². The van der Waals surface area contributed by atoms with E-state index in [9.17, 15) is 13.9 Å². The van der Waals surface area contributed by atoms with Gasteiger partial charge in [-0.2, -0.15) is 5.10 Å². The largest absolute Gasteiger partial charge is 0.389 e. The third-order valence-electron chi connectivity index (χ3n) is 2.80. The Morgan fingerprint density at radius 2 is 1.79 bits per heavy atom. The highest BCUT2D eigenvalue weighted by Crippen LogP contribution is 2.24. The second-order valence-corrected chi connectivity index (χ2v) is 5.30. The van der Waals surface area contributed by atoms with Gasteiger partial charge in [-0.15, -0.1) is 0 Å². The molecule has 0 saturated carbocycles. The topological polar surface area (TPSA) is 38.0 Å². The lowest BCUT2D eigenvalue weighted by Gasteiger charge is -2.16. The van der Waals surface area contributed by atoms with Gasteiger partial charge in [-0.25, -0.2) is 8.78 Å². The summed E-state index contributed by atoms with van der Waals surface area (Å²) in [4.78, 5) is 0. The van der Waals surface area contributed by atoms with Gasteiger partial charge in [-0.3, -0.25) is 4.68 Å². The first-order valence-corrected chi connectivity index (χ1v) is 5.97. The smallest absolute Gasteiger partial charge is 0.129 e. The van der Waals surface area contributed by atoms with Crippen molar-refractivity contribution in [2.75, 3.05) is 0 Å². The summed E-state index contributed by atoms with van der Waals surface area (Å²) >= 11 is 0. The summed E-state index contributed by atoms with van der Waals surface area (Å²) < 4.78 is 28.5. The Balaban J connectivity index is 2.33. The maximum atomic E-state index is 13.5. The molecule has 0 unspecified atom stereocenters. The predicted octanol–water partition coefficient (Wildman–Crippen LogP) is 2.91. The van der Waals surface area contributed by atoms with Crippen LogP contribution >= 0.6 is 0 Å². The van der Waals surface area contributed by atoms with Crippen molar-refractivity contribution in [3.63, 3.8) is 0 Å². The van der Waals surface area contributed by atoms with E-state index in [0.717, 1.165) is 0 Å². The Morgan fingerprint density at radius 3 is 2.32 bits per heavy atom. The molecule has 5 heteroatoms. The fourth-order valence-corrected chi connectivity index (χ4v) is 1.81. The minimum absolute atomic E-state index is 0.00707. The van der Waals surface area contributed by atoms with E-state index in [-0.39, 0.29) is 5.56 Å². The Bertz CT molecular complexity index is 577. The fraction of sp³-hybridized carbons (Fsp3) is 0.357. The zero-order chi connectivity index (χ0) is 14.2. The molecule has 0 saturated heterocycles. The number of rotatable bonds is 3. The maximum Gasteiger partial charge on any atom is 0.129 e. The Hall–Kier alpha value is -1.75. The summed E-state index contributed by atoms with van der Waals surface area (Å²) in [5.74, 6) is -1.16. The van der Waals surface area contributed by atoms with E-state index >= 15 is 0 Å². The van der Waals surface area contributed by atoms with Gasteiger partial charge in [0.2, 0.25) is 0 Å². The molecule has 0 bridgehead atoms. The van der Waals surface area contributed by atoms with E-state index in [1.165, 1.54) is 25.3 Å². The molecule has 102 valence electrons. The minimum atomic E-state index is -0.896. The fourth-order valence-electron chi connectivity index (χ4n) is 1.81. The monoisotopic (exact) mass is 266 g/mol. The van der Waals surface area contributed by atoms with Gasteiger partial charge in [0.15, 0.2) is 0 Å². The third kappa shape index (κ3) is 3.17.